The van der Waals surface area contributed by atoms with Crippen molar-refractivity contribution in [2.75, 3.05) is 0 Å². The summed E-state index contributed by atoms with van der Waals surface area (Å²) in [6, 6.07) is 2.99. The average molecular weight is 269 g/mol. The molecule has 76 valence electrons. The number of hydrogen-bond donors (Lipinski definition) is 2. The van der Waals surface area contributed by atoms with Crippen molar-refractivity contribution in [1.82, 2.24) is 9.97 Å². The Kier molecular flexibility index (Phi) is 2.28. The zero-order chi connectivity index (χ0) is 11.0. The largest absolute Gasteiger partial charge is 0.477 e. The van der Waals surface area contributed by atoms with E-state index < -0.39 is 11.5 Å². The minimum Gasteiger partial charge on any atom is -0.477 e. The summed E-state index contributed by atoms with van der Waals surface area (Å²) in [7, 11) is 0. The highest BCUT2D eigenvalue weighted by molar-refractivity contribution is 9.10. The smallest absolute Gasteiger partial charge is 0.341 e. The molecule has 2 aromatic heterocycles. The molecule has 2 heterocycles. The van der Waals surface area contributed by atoms with Gasteiger partial charge in [0.1, 0.15) is 11.2 Å². The molecule has 0 saturated carbocycles. The summed E-state index contributed by atoms with van der Waals surface area (Å²) in [5.74, 6) is -1.25. The average Bonchev–Trinajstić information content (AvgIpc) is 2.17. The predicted molar refractivity (Wildman–Crippen MR) is 57.0 cm³/mol. The van der Waals surface area contributed by atoms with Crippen molar-refractivity contribution in [2.45, 2.75) is 0 Å². The first-order valence-corrected chi connectivity index (χ1v) is 4.79. The van der Waals surface area contributed by atoms with Crippen LogP contribution in [0.2, 0.25) is 0 Å². The Balaban J connectivity index is 2.83. The van der Waals surface area contributed by atoms with Crippen LogP contribution in [0.25, 0.3) is 11.0 Å². The molecule has 0 aliphatic rings. The Bertz CT molecular complexity index is 606. The monoisotopic (exact) mass is 268 g/mol. The van der Waals surface area contributed by atoms with E-state index in [0.29, 0.717) is 11.0 Å². The van der Waals surface area contributed by atoms with Crippen LogP contribution in [0.5, 0.6) is 0 Å². The molecule has 0 bridgehead atoms. The van der Waals surface area contributed by atoms with Gasteiger partial charge in [0.25, 0.3) is 5.56 Å². The van der Waals surface area contributed by atoms with Crippen LogP contribution in [0, 0.1) is 0 Å². The molecular weight excluding hydrogens is 264 g/mol. The zero-order valence-electron chi connectivity index (χ0n) is 7.32. The highest BCUT2D eigenvalue weighted by Gasteiger charge is 2.10. The third-order valence-corrected chi connectivity index (χ3v) is 2.32. The van der Waals surface area contributed by atoms with Crippen molar-refractivity contribution < 1.29 is 9.90 Å². The molecule has 0 aliphatic carbocycles. The number of nitrogens with one attached hydrogen (secondary N) is 1. The van der Waals surface area contributed by atoms with Crippen molar-refractivity contribution in [1.29, 1.82) is 0 Å². The number of carbonyl (C=O) groups is 1. The maximum Gasteiger partial charge on any atom is 0.341 e. The summed E-state index contributed by atoms with van der Waals surface area (Å²) in [6.07, 6.45) is 1.53. The van der Waals surface area contributed by atoms with Gasteiger partial charge in [0.2, 0.25) is 0 Å². The molecule has 0 spiro atoms. The van der Waals surface area contributed by atoms with Gasteiger partial charge in [-0.3, -0.25) is 4.79 Å². The van der Waals surface area contributed by atoms with Gasteiger partial charge >= 0.3 is 5.97 Å². The Morgan fingerprint density at radius 2 is 2.20 bits per heavy atom. The fourth-order valence-electron chi connectivity index (χ4n) is 1.22. The van der Waals surface area contributed by atoms with Crippen molar-refractivity contribution in [3.8, 4) is 0 Å². The second kappa shape index (κ2) is 3.47. The number of aromatic nitrogens is 2. The van der Waals surface area contributed by atoms with E-state index in [9.17, 15) is 9.59 Å². The molecule has 2 aromatic rings. The summed E-state index contributed by atoms with van der Waals surface area (Å²) >= 11 is 3.21. The van der Waals surface area contributed by atoms with Crippen molar-refractivity contribution >= 4 is 32.9 Å². The van der Waals surface area contributed by atoms with E-state index in [1.807, 2.05) is 0 Å². The lowest BCUT2D eigenvalue weighted by molar-refractivity contribution is 0.0695. The van der Waals surface area contributed by atoms with E-state index in [2.05, 4.69) is 25.9 Å². The molecule has 6 heteroatoms. The number of H-pyrrole nitrogens is 1. The van der Waals surface area contributed by atoms with Crippen LogP contribution >= 0.6 is 15.9 Å². The van der Waals surface area contributed by atoms with Crippen molar-refractivity contribution in [3.63, 3.8) is 0 Å². The van der Waals surface area contributed by atoms with Crippen LogP contribution in [-0.2, 0) is 0 Å². The second-order valence-electron chi connectivity index (χ2n) is 2.91. The molecule has 0 unspecified atom stereocenters. The number of nitrogens with zero attached hydrogens (tertiary/aromatic N) is 1. The highest BCUT2D eigenvalue weighted by atomic mass is 79.9. The normalized spacial score (nSPS) is 10.5. The number of fused-ring (bicyclic) bond motifs is 1. The lowest BCUT2D eigenvalue weighted by atomic mass is 10.2. The fraction of sp³-hybridized carbons (Fsp3) is 0. The number of hydrogen-bond acceptors (Lipinski definition) is 3. The summed E-state index contributed by atoms with van der Waals surface area (Å²) in [5, 5.41) is 9.31. The summed E-state index contributed by atoms with van der Waals surface area (Å²) < 4.78 is 0.721. The molecule has 0 aliphatic heterocycles. The molecule has 2 N–H and O–H groups in total. The van der Waals surface area contributed by atoms with Gasteiger partial charge in [-0.05, 0) is 28.1 Å². The van der Waals surface area contributed by atoms with E-state index in [-0.39, 0.29) is 5.56 Å². The number of halogens is 1. The third-order valence-electron chi connectivity index (χ3n) is 1.89. The minimum atomic E-state index is -1.25. The molecular formula is C9H5BrN2O3. The highest BCUT2D eigenvalue weighted by Crippen LogP contribution is 2.15. The number of carboxylic acids is 1. The summed E-state index contributed by atoms with van der Waals surface area (Å²) in [5.41, 5.74) is -0.569. The first kappa shape index (κ1) is 9.85. The van der Waals surface area contributed by atoms with Crippen molar-refractivity contribution in [2.24, 2.45) is 0 Å². The van der Waals surface area contributed by atoms with Gasteiger partial charge in [-0.25, -0.2) is 9.78 Å². The van der Waals surface area contributed by atoms with Crippen LogP contribution in [0.3, 0.4) is 0 Å². The molecule has 0 amide bonds. The SMILES string of the molecule is O=C(O)c1cc2cc(Br)cnc2[nH]c1=O. The lowest BCUT2D eigenvalue weighted by Gasteiger charge is -1.99. The first-order chi connectivity index (χ1) is 7.08. The van der Waals surface area contributed by atoms with Gasteiger partial charge in [-0.1, -0.05) is 0 Å². The van der Waals surface area contributed by atoms with Crippen LogP contribution in [0.15, 0.2) is 27.6 Å². The maximum absolute atomic E-state index is 11.3. The molecule has 0 atom stereocenters. The van der Waals surface area contributed by atoms with Crippen LogP contribution < -0.4 is 5.56 Å². The Morgan fingerprint density at radius 3 is 2.87 bits per heavy atom. The van der Waals surface area contributed by atoms with Gasteiger partial charge in [0, 0.05) is 16.1 Å². The van der Waals surface area contributed by atoms with Gasteiger partial charge < -0.3 is 10.1 Å². The molecule has 0 fully saturated rings. The number of rotatable bonds is 1. The van der Waals surface area contributed by atoms with E-state index in [4.69, 9.17) is 5.11 Å². The summed E-state index contributed by atoms with van der Waals surface area (Å²) in [6.45, 7) is 0. The van der Waals surface area contributed by atoms with E-state index in [1.165, 1.54) is 12.3 Å². The van der Waals surface area contributed by atoms with E-state index in [0.717, 1.165) is 4.47 Å². The standard InChI is InChI=1S/C9H5BrN2O3/c10-5-1-4-2-6(9(14)15)8(13)12-7(4)11-3-5/h1-3H,(H,14,15)(H,11,12,13). The fourth-order valence-corrected chi connectivity index (χ4v) is 1.57. The lowest BCUT2D eigenvalue weighted by Crippen LogP contribution is -2.17. The Hall–Kier alpha value is -1.69. The molecule has 5 nitrogen and oxygen atoms in total. The quantitative estimate of drug-likeness (QED) is 0.819. The predicted octanol–water partition coefficient (Wildman–Crippen LogP) is 1.38. The maximum atomic E-state index is 11.3. The third kappa shape index (κ3) is 1.75. The topological polar surface area (TPSA) is 83.0 Å². The van der Waals surface area contributed by atoms with E-state index >= 15 is 0 Å². The number of aromatic amines is 1. The van der Waals surface area contributed by atoms with Gasteiger partial charge in [0.05, 0.1) is 0 Å². The molecule has 0 aromatic carbocycles. The van der Waals surface area contributed by atoms with Gasteiger partial charge in [-0.15, -0.1) is 0 Å². The number of carboxylic acid groups (broad SMARTS) is 1. The molecule has 15 heavy (non-hydrogen) atoms. The van der Waals surface area contributed by atoms with Crippen molar-refractivity contribution in [3.05, 3.63) is 38.7 Å². The zero-order valence-corrected chi connectivity index (χ0v) is 8.91. The van der Waals surface area contributed by atoms with Crippen LogP contribution in [-0.4, -0.2) is 21.0 Å². The van der Waals surface area contributed by atoms with Crippen LogP contribution in [0.1, 0.15) is 10.4 Å². The number of pyridine rings is 2. The Labute approximate surface area is 91.9 Å². The minimum absolute atomic E-state index is 0.289. The molecule has 0 saturated heterocycles. The summed E-state index contributed by atoms with van der Waals surface area (Å²) in [4.78, 5) is 28.3. The Morgan fingerprint density at radius 1 is 1.47 bits per heavy atom. The van der Waals surface area contributed by atoms with E-state index in [1.54, 1.807) is 6.07 Å². The first-order valence-electron chi connectivity index (χ1n) is 4.00. The van der Waals surface area contributed by atoms with Gasteiger partial charge in [-0.2, -0.15) is 0 Å². The second-order valence-corrected chi connectivity index (χ2v) is 3.82. The van der Waals surface area contributed by atoms with Crippen LogP contribution in [0.4, 0.5) is 0 Å². The van der Waals surface area contributed by atoms with Gasteiger partial charge in [0.15, 0.2) is 0 Å². The number of aromatic carboxylic acids is 1. The molecule has 0 radical (unpaired) electrons. The molecule has 2 rings (SSSR count).